The Kier molecular flexibility index (Phi) is 4.17. The zero-order valence-electron chi connectivity index (χ0n) is 11.5. The van der Waals surface area contributed by atoms with Gasteiger partial charge in [0.1, 0.15) is 10.6 Å². The highest BCUT2D eigenvalue weighted by atomic mass is 32.2. The molecule has 0 radical (unpaired) electrons. The quantitative estimate of drug-likeness (QED) is 0.805. The van der Waals surface area contributed by atoms with E-state index in [4.69, 9.17) is 9.88 Å². The van der Waals surface area contributed by atoms with E-state index in [0.29, 0.717) is 13.2 Å². The number of aryl methyl sites for hydroxylation is 1. The van der Waals surface area contributed by atoms with Crippen LogP contribution in [0.2, 0.25) is 0 Å². The summed E-state index contributed by atoms with van der Waals surface area (Å²) in [6.45, 7) is 3.20. The Morgan fingerprint density at radius 1 is 1.60 bits per heavy atom. The SMILES string of the molecule is CC1OCCC1CNC(=O)c1cc(S(N)(=O)=O)cn1C. The molecule has 1 aromatic heterocycles. The van der Waals surface area contributed by atoms with Crippen LogP contribution >= 0.6 is 0 Å². The van der Waals surface area contributed by atoms with E-state index in [-0.39, 0.29) is 28.5 Å². The van der Waals surface area contributed by atoms with Gasteiger partial charge >= 0.3 is 0 Å². The number of amides is 1. The van der Waals surface area contributed by atoms with Crippen molar-refractivity contribution < 1.29 is 17.9 Å². The smallest absolute Gasteiger partial charge is 0.267 e. The number of carbonyl (C=O) groups is 1. The first-order valence-corrected chi connectivity index (χ1v) is 7.92. The summed E-state index contributed by atoms with van der Waals surface area (Å²) < 4.78 is 29.4. The summed E-state index contributed by atoms with van der Waals surface area (Å²) in [5.74, 6) is -0.0292. The Morgan fingerprint density at radius 3 is 2.80 bits per heavy atom. The molecule has 0 aliphatic carbocycles. The van der Waals surface area contributed by atoms with Crippen LogP contribution in [0.4, 0.5) is 0 Å². The number of rotatable bonds is 4. The number of hydrogen-bond donors (Lipinski definition) is 2. The molecule has 0 saturated carbocycles. The average molecular weight is 301 g/mol. The second-order valence-electron chi connectivity index (χ2n) is 5.05. The summed E-state index contributed by atoms with van der Waals surface area (Å²) in [5, 5.41) is 7.84. The lowest BCUT2D eigenvalue weighted by atomic mass is 10.0. The number of primary sulfonamides is 1. The van der Waals surface area contributed by atoms with Gasteiger partial charge in [0.2, 0.25) is 10.0 Å². The third-order valence-electron chi connectivity index (χ3n) is 3.60. The van der Waals surface area contributed by atoms with Crippen molar-refractivity contribution in [2.75, 3.05) is 13.2 Å². The number of ether oxygens (including phenoxy) is 1. The van der Waals surface area contributed by atoms with E-state index in [2.05, 4.69) is 5.32 Å². The summed E-state index contributed by atoms with van der Waals surface area (Å²) in [7, 11) is -2.20. The van der Waals surface area contributed by atoms with Gasteiger partial charge in [-0.1, -0.05) is 0 Å². The molecule has 0 aromatic carbocycles. The van der Waals surface area contributed by atoms with Gasteiger partial charge in [-0.25, -0.2) is 13.6 Å². The number of nitrogens with two attached hydrogens (primary N) is 1. The maximum Gasteiger partial charge on any atom is 0.267 e. The molecule has 1 aromatic rings. The van der Waals surface area contributed by atoms with E-state index in [9.17, 15) is 13.2 Å². The van der Waals surface area contributed by atoms with E-state index in [0.717, 1.165) is 6.42 Å². The minimum absolute atomic E-state index is 0.0669. The fraction of sp³-hybridized carbons (Fsp3) is 0.583. The Morgan fingerprint density at radius 2 is 2.30 bits per heavy atom. The van der Waals surface area contributed by atoms with Crippen molar-refractivity contribution in [3.05, 3.63) is 18.0 Å². The number of nitrogens with zero attached hydrogens (tertiary/aromatic N) is 1. The molecular formula is C12H19N3O4S. The number of nitrogens with one attached hydrogen (secondary N) is 1. The number of aromatic nitrogens is 1. The molecule has 7 nitrogen and oxygen atoms in total. The van der Waals surface area contributed by atoms with Crippen LogP contribution in [0.5, 0.6) is 0 Å². The van der Waals surface area contributed by atoms with Crippen LogP contribution in [0.1, 0.15) is 23.8 Å². The average Bonchev–Trinajstić information content (AvgIpc) is 2.92. The third-order valence-corrected chi connectivity index (χ3v) is 4.48. The van der Waals surface area contributed by atoms with Crippen molar-refractivity contribution in [1.82, 2.24) is 9.88 Å². The first-order chi connectivity index (χ1) is 9.29. The van der Waals surface area contributed by atoms with Crippen molar-refractivity contribution in [1.29, 1.82) is 0 Å². The zero-order chi connectivity index (χ0) is 14.9. The van der Waals surface area contributed by atoms with Crippen LogP contribution in [-0.4, -0.2) is 38.1 Å². The Hall–Kier alpha value is -1.38. The summed E-state index contributed by atoms with van der Waals surface area (Å²) in [6.07, 6.45) is 2.37. The molecule has 1 aliphatic heterocycles. The van der Waals surface area contributed by atoms with Crippen molar-refractivity contribution in [3.8, 4) is 0 Å². The van der Waals surface area contributed by atoms with Gasteiger partial charge in [0.25, 0.3) is 5.91 Å². The van der Waals surface area contributed by atoms with Gasteiger partial charge in [-0.15, -0.1) is 0 Å². The molecule has 20 heavy (non-hydrogen) atoms. The lowest BCUT2D eigenvalue weighted by Gasteiger charge is -2.14. The van der Waals surface area contributed by atoms with E-state index < -0.39 is 10.0 Å². The molecule has 1 fully saturated rings. The van der Waals surface area contributed by atoms with Gasteiger partial charge in [-0.3, -0.25) is 4.79 Å². The monoisotopic (exact) mass is 301 g/mol. The summed E-state index contributed by atoms with van der Waals surface area (Å²) >= 11 is 0. The molecule has 112 valence electrons. The van der Waals surface area contributed by atoms with Crippen molar-refractivity contribution in [2.45, 2.75) is 24.3 Å². The normalized spacial score (nSPS) is 22.9. The van der Waals surface area contributed by atoms with E-state index in [1.165, 1.54) is 16.8 Å². The highest BCUT2D eigenvalue weighted by Crippen LogP contribution is 2.19. The molecule has 0 spiro atoms. The molecule has 1 amide bonds. The van der Waals surface area contributed by atoms with Crippen LogP contribution in [0, 0.1) is 5.92 Å². The fourth-order valence-corrected chi connectivity index (χ4v) is 2.85. The zero-order valence-corrected chi connectivity index (χ0v) is 12.3. The van der Waals surface area contributed by atoms with Crippen molar-refractivity contribution in [3.63, 3.8) is 0 Å². The van der Waals surface area contributed by atoms with E-state index in [1.54, 1.807) is 7.05 Å². The second-order valence-corrected chi connectivity index (χ2v) is 6.61. The maximum atomic E-state index is 12.1. The summed E-state index contributed by atoms with van der Waals surface area (Å²) in [6, 6.07) is 1.28. The van der Waals surface area contributed by atoms with Gasteiger partial charge < -0.3 is 14.6 Å². The Bertz CT molecular complexity index is 608. The van der Waals surface area contributed by atoms with Crippen molar-refractivity contribution in [2.24, 2.45) is 18.1 Å². The standard InChI is InChI=1S/C12H19N3O4S/c1-8-9(3-4-19-8)6-14-12(16)11-5-10(7-15(11)2)20(13,17)18/h5,7-9H,3-4,6H2,1-2H3,(H,14,16)(H2,13,17,18). The van der Waals surface area contributed by atoms with Gasteiger partial charge in [-0.2, -0.15) is 0 Å². The predicted octanol–water partition coefficient (Wildman–Crippen LogP) is -0.173. The number of carbonyl (C=O) groups excluding carboxylic acids is 1. The lowest BCUT2D eigenvalue weighted by molar-refractivity contribution is 0.0900. The molecule has 3 N–H and O–H groups in total. The highest BCUT2D eigenvalue weighted by Gasteiger charge is 2.25. The largest absolute Gasteiger partial charge is 0.378 e. The minimum Gasteiger partial charge on any atom is -0.378 e. The van der Waals surface area contributed by atoms with Gasteiger partial charge in [0.05, 0.1) is 6.10 Å². The molecular weight excluding hydrogens is 282 g/mol. The highest BCUT2D eigenvalue weighted by molar-refractivity contribution is 7.89. The molecule has 2 rings (SSSR count). The van der Waals surface area contributed by atoms with Crippen LogP contribution in [0.25, 0.3) is 0 Å². The van der Waals surface area contributed by atoms with Crippen LogP contribution in [-0.2, 0) is 21.8 Å². The van der Waals surface area contributed by atoms with Gasteiger partial charge in [0.15, 0.2) is 0 Å². The molecule has 1 aliphatic rings. The lowest BCUT2D eigenvalue weighted by Crippen LogP contribution is -2.32. The maximum absolute atomic E-state index is 12.1. The van der Waals surface area contributed by atoms with Crippen LogP contribution in [0.3, 0.4) is 0 Å². The van der Waals surface area contributed by atoms with Gasteiger partial charge in [-0.05, 0) is 19.4 Å². The molecule has 8 heteroatoms. The second kappa shape index (κ2) is 5.55. The summed E-state index contributed by atoms with van der Waals surface area (Å²) in [4.78, 5) is 12.0. The predicted molar refractivity (Wildman–Crippen MR) is 72.6 cm³/mol. The van der Waals surface area contributed by atoms with Gasteiger partial charge in [0, 0.05) is 32.3 Å². The molecule has 0 bridgehead atoms. The van der Waals surface area contributed by atoms with Crippen LogP contribution < -0.4 is 10.5 Å². The Labute approximate surface area is 118 Å². The van der Waals surface area contributed by atoms with E-state index in [1.807, 2.05) is 6.92 Å². The van der Waals surface area contributed by atoms with E-state index >= 15 is 0 Å². The molecule has 2 atom stereocenters. The first kappa shape index (κ1) is 15.0. The Balaban J connectivity index is 2.04. The molecule has 2 unspecified atom stereocenters. The van der Waals surface area contributed by atoms with Crippen LogP contribution in [0.15, 0.2) is 17.2 Å². The number of sulfonamides is 1. The topological polar surface area (TPSA) is 103 Å². The summed E-state index contributed by atoms with van der Waals surface area (Å²) in [5.41, 5.74) is 0.264. The molecule has 1 saturated heterocycles. The molecule has 2 heterocycles. The van der Waals surface area contributed by atoms with Crippen molar-refractivity contribution >= 4 is 15.9 Å². The third kappa shape index (κ3) is 3.20. The fourth-order valence-electron chi connectivity index (χ4n) is 2.27. The minimum atomic E-state index is -3.80. The first-order valence-electron chi connectivity index (χ1n) is 6.38. The number of hydrogen-bond acceptors (Lipinski definition) is 4.